The van der Waals surface area contributed by atoms with Gasteiger partial charge in [-0.25, -0.2) is 8.42 Å². The second-order valence-corrected chi connectivity index (χ2v) is 7.26. The molecule has 0 spiro atoms. The average molecular weight is 267 g/mol. The van der Waals surface area contributed by atoms with Crippen LogP contribution in [0.15, 0.2) is 18.2 Å². The minimum atomic E-state index is -2.90. The Morgan fingerprint density at radius 3 is 2.89 bits per heavy atom. The van der Waals surface area contributed by atoms with E-state index in [2.05, 4.69) is 11.4 Å². The Hall–Kier alpha value is -1.07. The van der Waals surface area contributed by atoms with Crippen molar-refractivity contribution in [1.29, 1.82) is 0 Å². The molecule has 1 unspecified atom stereocenters. The van der Waals surface area contributed by atoms with Gasteiger partial charge in [-0.05, 0) is 36.1 Å². The smallest absolute Gasteiger partial charge is 0.153 e. The molecule has 98 valence electrons. The van der Waals surface area contributed by atoms with Crippen molar-refractivity contribution in [2.24, 2.45) is 0 Å². The Balaban J connectivity index is 1.73. The number of rotatable bonds is 2. The van der Waals surface area contributed by atoms with Crippen molar-refractivity contribution in [3.8, 4) is 5.75 Å². The molecule has 4 nitrogen and oxygen atoms in total. The highest BCUT2D eigenvalue weighted by atomic mass is 32.2. The number of ether oxygens (including phenoxy) is 1. The minimum absolute atomic E-state index is 0.155. The van der Waals surface area contributed by atoms with E-state index in [9.17, 15) is 8.42 Å². The van der Waals surface area contributed by atoms with Crippen LogP contribution in [-0.2, 0) is 22.9 Å². The molecule has 0 bridgehead atoms. The first-order chi connectivity index (χ1) is 8.62. The van der Waals surface area contributed by atoms with E-state index in [1.165, 1.54) is 11.1 Å². The zero-order valence-electron chi connectivity index (χ0n) is 10.2. The lowest BCUT2D eigenvalue weighted by Crippen LogP contribution is -2.33. The van der Waals surface area contributed by atoms with Crippen LogP contribution in [0.4, 0.5) is 0 Å². The van der Waals surface area contributed by atoms with E-state index in [4.69, 9.17) is 4.74 Å². The summed E-state index contributed by atoms with van der Waals surface area (Å²) in [6, 6.07) is 6.02. The summed E-state index contributed by atoms with van der Waals surface area (Å²) < 4.78 is 28.9. The van der Waals surface area contributed by atoms with Gasteiger partial charge in [0.1, 0.15) is 11.9 Å². The Bertz CT molecular complexity index is 553. The second kappa shape index (κ2) is 4.55. The van der Waals surface area contributed by atoms with Crippen LogP contribution in [0.3, 0.4) is 0 Å². The van der Waals surface area contributed by atoms with Crippen molar-refractivity contribution in [3.63, 3.8) is 0 Å². The first-order valence-electron chi connectivity index (χ1n) is 6.32. The SMILES string of the molecule is O=S1(=O)CCCC(Oc2ccc3c(c2)CNC3)C1. The lowest BCUT2D eigenvalue weighted by Gasteiger charge is -2.23. The Morgan fingerprint density at radius 1 is 1.22 bits per heavy atom. The third-order valence-corrected chi connectivity index (χ3v) is 5.32. The van der Waals surface area contributed by atoms with Gasteiger partial charge in [0, 0.05) is 13.1 Å². The number of fused-ring (bicyclic) bond motifs is 1. The highest BCUT2D eigenvalue weighted by Crippen LogP contribution is 2.24. The molecule has 1 aromatic carbocycles. The standard InChI is InChI=1S/C13H17NO3S/c15-18(16)5-1-2-13(9-18)17-12-4-3-10-7-14-8-11(10)6-12/h3-4,6,13-14H,1-2,5,7-9H2. The summed E-state index contributed by atoms with van der Waals surface area (Å²) in [7, 11) is -2.90. The fourth-order valence-corrected chi connectivity index (χ4v) is 4.18. The highest BCUT2D eigenvalue weighted by molar-refractivity contribution is 7.91. The zero-order chi connectivity index (χ0) is 12.6. The van der Waals surface area contributed by atoms with Gasteiger partial charge < -0.3 is 10.1 Å². The summed E-state index contributed by atoms with van der Waals surface area (Å²) in [5.74, 6) is 1.25. The van der Waals surface area contributed by atoms with Crippen molar-refractivity contribution in [2.45, 2.75) is 32.0 Å². The molecule has 1 N–H and O–H groups in total. The maximum atomic E-state index is 11.5. The topological polar surface area (TPSA) is 55.4 Å². The molecular formula is C13H17NO3S. The van der Waals surface area contributed by atoms with Crippen molar-refractivity contribution in [3.05, 3.63) is 29.3 Å². The maximum Gasteiger partial charge on any atom is 0.153 e. The van der Waals surface area contributed by atoms with Gasteiger partial charge in [0.05, 0.1) is 11.5 Å². The van der Waals surface area contributed by atoms with Gasteiger partial charge in [-0.15, -0.1) is 0 Å². The molecule has 0 saturated carbocycles. The van der Waals surface area contributed by atoms with Gasteiger partial charge in [0.15, 0.2) is 9.84 Å². The van der Waals surface area contributed by atoms with Crippen LogP contribution < -0.4 is 10.1 Å². The molecule has 18 heavy (non-hydrogen) atoms. The van der Waals surface area contributed by atoms with Crippen LogP contribution in [0.5, 0.6) is 5.75 Å². The Kier molecular flexibility index (Phi) is 3.03. The number of sulfone groups is 1. The van der Waals surface area contributed by atoms with Crippen LogP contribution in [-0.4, -0.2) is 26.0 Å². The monoisotopic (exact) mass is 267 g/mol. The van der Waals surface area contributed by atoms with Crippen molar-refractivity contribution >= 4 is 9.84 Å². The van der Waals surface area contributed by atoms with Crippen LogP contribution in [0.2, 0.25) is 0 Å². The fraction of sp³-hybridized carbons (Fsp3) is 0.538. The number of hydrogen-bond donors (Lipinski definition) is 1. The van der Waals surface area contributed by atoms with Crippen molar-refractivity contribution in [2.75, 3.05) is 11.5 Å². The number of nitrogens with one attached hydrogen (secondary N) is 1. The first kappa shape index (κ1) is 12.0. The van der Waals surface area contributed by atoms with E-state index in [1.54, 1.807) is 0 Å². The highest BCUT2D eigenvalue weighted by Gasteiger charge is 2.26. The third-order valence-electron chi connectivity index (χ3n) is 3.53. The van der Waals surface area contributed by atoms with Crippen molar-refractivity contribution < 1.29 is 13.2 Å². The van der Waals surface area contributed by atoms with Crippen LogP contribution in [0, 0.1) is 0 Å². The van der Waals surface area contributed by atoms with Crippen LogP contribution in [0.25, 0.3) is 0 Å². The zero-order valence-corrected chi connectivity index (χ0v) is 11.0. The van der Waals surface area contributed by atoms with Gasteiger partial charge in [-0.1, -0.05) is 6.07 Å². The largest absolute Gasteiger partial charge is 0.489 e. The average Bonchev–Trinajstić information content (AvgIpc) is 2.74. The summed E-state index contributed by atoms with van der Waals surface area (Å²) in [5, 5.41) is 3.28. The number of hydrogen-bond acceptors (Lipinski definition) is 4. The number of benzene rings is 1. The van der Waals surface area contributed by atoms with Gasteiger partial charge in [-0.2, -0.15) is 0 Å². The molecule has 2 aliphatic rings. The molecule has 0 radical (unpaired) electrons. The maximum absolute atomic E-state index is 11.5. The molecule has 1 fully saturated rings. The molecule has 2 heterocycles. The first-order valence-corrected chi connectivity index (χ1v) is 8.14. The van der Waals surface area contributed by atoms with E-state index < -0.39 is 9.84 Å². The lowest BCUT2D eigenvalue weighted by atomic mass is 10.1. The van der Waals surface area contributed by atoms with E-state index in [0.717, 1.165) is 25.3 Å². The van der Waals surface area contributed by atoms with E-state index >= 15 is 0 Å². The predicted molar refractivity (Wildman–Crippen MR) is 69.3 cm³/mol. The molecule has 0 amide bonds. The Labute approximate surface area is 107 Å². The molecule has 3 rings (SSSR count). The van der Waals surface area contributed by atoms with Gasteiger partial charge in [-0.3, -0.25) is 0 Å². The molecule has 1 atom stereocenters. The fourth-order valence-electron chi connectivity index (χ4n) is 2.61. The van der Waals surface area contributed by atoms with Crippen LogP contribution >= 0.6 is 0 Å². The molecule has 1 aromatic rings. The van der Waals surface area contributed by atoms with Crippen molar-refractivity contribution in [1.82, 2.24) is 5.32 Å². The Morgan fingerprint density at radius 2 is 2.06 bits per heavy atom. The summed E-state index contributed by atoms with van der Waals surface area (Å²) >= 11 is 0. The second-order valence-electron chi connectivity index (χ2n) is 5.03. The third kappa shape index (κ3) is 2.52. The lowest BCUT2D eigenvalue weighted by molar-refractivity contribution is 0.207. The minimum Gasteiger partial charge on any atom is -0.489 e. The molecule has 0 aromatic heterocycles. The molecule has 5 heteroatoms. The summed E-state index contributed by atoms with van der Waals surface area (Å²) in [6.45, 7) is 1.78. The van der Waals surface area contributed by atoms with E-state index in [0.29, 0.717) is 12.2 Å². The normalized spacial score (nSPS) is 25.7. The predicted octanol–water partition coefficient (Wildman–Crippen LogP) is 1.25. The van der Waals surface area contributed by atoms with E-state index in [-0.39, 0.29) is 11.9 Å². The summed E-state index contributed by atoms with van der Waals surface area (Å²) in [6.07, 6.45) is 1.35. The van der Waals surface area contributed by atoms with Crippen LogP contribution in [0.1, 0.15) is 24.0 Å². The molecule has 1 saturated heterocycles. The molecule has 0 aliphatic carbocycles. The van der Waals surface area contributed by atoms with Gasteiger partial charge >= 0.3 is 0 Å². The summed E-state index contributed by atoms with van der Waals surface area (Å²) in [4.78, 5) is 0. The quantitative estimate of drug-likeness (QED) is 0.876. The summed E-state index contributed by atoms with van der Waals surface area (Å²) in [5.41, 5.74) is 2.56. The van der Waals surface area contributed by atoms with E-state index in [1.807, 2.05) is 12.1 Å². The van der Waals surface area contributed by atoms with Gasteiger partial charge in [0.25, 0.3) is 0 Å². The molecular weight excluding hydrogens is 250 g/mol. The molecule has 2 aliphatic heterocycles. The van der Waals surface area contributed by atoms with Gasteiger partial charge in [0.2, 0.25) is 0 Å².